The van der Waals surface area contributed by atoms with Gasteiger partial charge in [-0.1, -0.05) is 17.7 Å². The second-order valence-electron chi connectivity index (χ2n) is 11.7. The average Bonchev–Trinajstić information content (AvgIpc) is 2.97. The van der Waals surface area contributed by atoms with Crippen LogP contribution in [0.3, 0.4) is 0 Å². The number of rotatable bonds is 12. The fourth-order valence-corrected chi connectivity index (χ4v) is 5.41. The summed E-state index contributed by atoms with van der Waals surface area (Å²) >= 11 is 6.55. The number of pyridine rings is 2. The van der Waals surface area contributed by atoms with Gasteiger partial charge in [0.25, 0.3) is 0 Å². The number of carbonyl (C=O) groups is 1. The van der Waals surface area contributed by atoms with E-state index in [2.05, 4.69) is 27.0 Å². The van der Waals surface area contributed by atoms with Crippen molar-refractivity contribution in [1.29, 1.82) is 5.26 Å². The Morgan fingerprint density at radius 1 is 1.24 bits per heavy atom. The van der Waals surface area contributed by atoms with Crippen LogP contribution < -0.4 is 16.0 Å². The molecule has 1 aliphatic heterocycles. The zero-order chi connectivity index (χ0) is 29.5. The molecule has 1 atom stereocenters. The number of carboxylic acid groups (broad SMARTS) is 1. The van der Waals surface area contributed by atoms with Crippen LogP contribution >= 0.6 is 11.6 Å². The lowest BCUT2D eigenvalue weighted by Gasteiger charge is -2.32. The molecule has 0 aromatic carbocycles. The van der Waals surface area contributed by atoms with E-state index in [0.717, 1.165) is 42.8 Å². The molecule has 2 fully saturated rings. The molecule has 0 amide bonds. The van der Waals surface area contributed by atoms with Crippen LogP contribution in [0.5, 0.6) is 0 Å². The third kappa shape index (κ3) is 8.52. The molecule has 0 spiro atoms. The molecular weight excluding hydrogens is 544 g/mol. The molecule has 3 heterocycles. The minimum atomic E-state index is -1.19. The highest BCUT2D eigenvalue weighted by atomic mass is 35.5. The maximum absolute atomic E-state index is 11.3. The topological polar surface area (TPSA) is 141 Å². The van der Waals surface area contributed by atoms with E-state index in [-0.39, 0.29) is 12.1 Å². The first-order valence-electron chi connectivity index (χ1n) is 14.3. The van der Waals surface area contributed by atoms with Crippen LogP contribution in [-0.2, 0) is 14.3 Å². The number of nitrogens with zero attached hydrogens (tertiary/aromatic N) is 3. The largest absolute Gasteiger partial charge is 0.479 e. The van der Waals surface area contributed by atoms with Gasteiger partial charge >= 0.3 is 5.97 Å². The maximum atomic E-state index is 11.3. The summed E-state index contributed by atoms with van der Waals surface area (Å²) in [6.07, 6.45) is 7.02. The summed E-state index contributed by atoms with van der Waals surface area (Å²) in [5.41, 5.74) is -0.111. The molecule has 4 N–H and O–H groups in total. The Balaban J connectivity index is 1.30. The van der Waals surface area contributed by atoms with E-state index >= 15 is 0 Å². The van der Waals surface area contributed by atoms with Crippen molar-refractivity contribution in [1.82, 2.24) is 15.3 Å². The molecule has 1 aliphatic carbocycles. The first-order valence-corrected chi connectivity index (χ1v) is 14.7. The Morgan fingerprint density at radius 3 is 2.63 bits per heavy atom. The Labute approximate surface area is 247 Å². The fraction of sp³-hybridized carbons (Fsp3) is 0.600. The Morgan fingerprint density at radius 2 is 1.95 bits per heavy atom. The van der Waals surface area contributed by atoms with E-state index in [1.165, 1.54) is 0 Å². The van der Waals surface area contributed by atoms with Gasteiger partial charge in [-0.2, -0.15) is 5.26 Å². The number of aromatic nitrogens is 2. The summed E-state index contributed by atoms with van der Waals surface area (Å²) in [4.78, 5) is 20.6. The molecular formula is C30H41ClN6O4. The van der Waals surface area contributed by atoms with Crippen molar-refractivity contribution in [2.75, 3.05) is 37.0 Å². The van der Waals surface area contributed by atoms with Gasteiger partial charge in [0.05, 0.1) is 28.8 Å². The summed E-state index contributed by atoms with van der Waals surface area (Å²) in [6.45, 7) is 7.22. The van der Waals surface area contributed by atoms with E-state index in [4.69, 9.17) is 26.1 Å². The molecule has 0 bridgehead atoms. The number of ether oxygens (including phenoxy) is 2. The molecule has 41 heavy (non-hydrogen) atoms. The standard InChI is InChI=1S/C30H41ClN6O4/c1-20(17-41-29(2,3)28(38)39)35-21-7-9-22(10-8-21)36-27-15-23(24(31)16-33-27)25-5-4-6-26(37-25)34-19-30(18-32)11-13-40-14-12-30/h4-6,15-16,20-22,35H,7-14,17,19H2,1-3H3,(H,33,36)(H,34,37)(H,38,39)/t20-,21-,22-/m0/s1. The van der Waals surface area contributed by atoms with Crippen molar-refractivity contribution < 1.29 is 19.4 Å². The minimum Gasteiger partial charge on any atom is -0.479 e. The van der Waals surface area contributed by atoms with Gasteiger partial charge in [0, 0.05) is 49.6 Å². The second-order valence-corrected chi connectivity index (χ2v) is 12.1. The monoisotopic (exact) mass is 584 g/mol. The first kappa shape index (κ1) is 31.0. The molecule has 2 aliphatic rings. The molecule has 0 unspecified atom stereocenters. The van der Waals surface area contributed by atoms with Crippen LogP contribution in [0.25, 0.3) is 11.3 Å². The lowest BCUT2D eigenvalue weighted by molar-refractivity contribution is -0.161. The van der Waals surface area contributed by atoms with E-state index in [1.54, 1.807) is 20.0 Å². The number of aliphatic carboxylic acids is 1. The predicted molar refractivity (Wildman–Crippen MR) is 159 cm³/mol. The molecule has 222 valence electrons. The molecule has 11 heteroatoms. The van der Waals surface area contributed by atoms with Crippen molar-refractivity contribution in [3.63, 3.8) is 0 Å². The summed E-state index contributed by atoms with van der Waals surface area (Å²) in [5, 5.41) is 30.0. The number of nitriles is 1. The van der Waals surface area contributed by atoms with Crippen LogP contribution in [0.1, 0.15) is 59.3 Å². The molecule has 2 aromatic heterocycles. The molecule has 1 saturated carbocycles. The van der Waals surface area contributed by atoms with E-state index in [0.29, 0.717) is 56.1 Å². The zero-order valence-corrected chi connectivity index (χ0v) is 24.8. The summed E-state index contributed by atoms with van der Waals surface area (Å²) < 4.78 is 11.0. The number of halogens is 1. The predicted octanol–water partition coefficient (Wildman–Crippen LogP) is 5.11. The van der Waals surface area contributed by atoms with Crippen LogP contribution in [0.2, 0.25) is 5.02 Å². The molecule has 0 radical (unpaired) electrons. The lowest BCUT2D eigenvalue weighted by Crippen LogP contribution is -2.45. The van der Waals surface area contributed by atoms with Gasteiger partial charge in [0.1, 0.15) is 11.6 Å². The quantitative estimate of drug-likeness (QED) is 0.266. The molecule has 4 rings (SSSR count). The van der Waals surface area contributed by atoms with Gasteiger partial charge in [-0.25, -0.2) is 14.8 Å². The number of hydrogen-bond acceptors (Lipinski definition) is 9. The third-order valence-corrected chi connectivity index (χ3v) is 8.29. The molecule has 10 nitrogen and oxygen atoms in total. The minimum absolute atomic E-state index is 0.0588. The molecule has 1 saturated heterocycles. The van der Waals surface area contributed by atoms with Crippen molar-refractivity contribution in [2.24, 2.45) is 5.41 Å². The highest BCUT2D eigenvalue weighted by Crippen LogP contribution is 2.32. The van der Waals surface area contributed by atoms with Crippen molar-refractivity contribution >= 4 is 29.2 Å². The lowest BCUT2D eigenvalue weighted by atomic mass is 9.82. The van der Waals surface area contributed by atoms with Crippen molar-refractivity contribution in [3.05, 3.63) is 35.5 Å². The van der Waals surface area contributed by atoms with Gasteiger partial charge in [-0.05, 0) is 77.5 Å². The van der Waals surface area contributed by atoms with Crippen LogP contribution in [0, 0.1) is 16.7 Å². The summed E-state index contributed by atoms with van der Waals surface area (Å²) in [6, 6.07) is 10.9. The van der Waals surface area contributed by atoms with E-state index in [1.807, 2.05) is 31.2 Å². The van der Waals surface area contributed by atoms with Crippen LogP contribution in [0.15, 0.2) is 30.5 Å². The number of anilines is 2. The number of carboxylic acids is 1. The smallest absolute Gasteiger partial charge is 0.335 e. The average molecular weight is 585 g/mol. The van der Waals surface area contributed by atoms with Gasteiger partial charge in [0.15, 0.2) is 5.60 Å². The maximum Gasteiger partial charge on any atom is 0.335 e. The van der Waals surface area contributed by atoms with Crippen LogP contribution in [-0.4, -0.2) is 71.1 Å². The van der Waals surface area contributed by atoms with Crippen LogP contribution in [0.4, 0.5) is 11.6 Å². The summed E-state index contributed by atoms with van der Waals surface area (Å²) in [5.74, 6) is 0.488. The van der Waals surface area contributed by atoms with Crippen molar-refractivity contribution in [3.8, 4) is 17.3 Å². The van der Waals surface area contributed by atoms with Crippen molar-refractivity contribution in [2.45, 2.75) is 83.0 Å². The number of nitrogens with one attached hydrogen (secondary N) is 3. The Bertz CT molecular complexity index is 1220. The normalized spacial score (nSPS) is 21.4. The first-order chi connectivity index (χ1) is 19.6. The Kier molecular flexibility index (Phi) is 10.4. The molecule has 2 aromatic rings. The number of hydrogen-bond donors (Lipinski definition) is 4. The fourth-order valence-electron chi connectivity index (χ4n) is 5.21. The Hall–Kier alpha value is -2.97. The highest BCUT2D eigenvalue weighted by Gasteiger charge is 2.33. The van der Waals surface area contributed by atoms with Gasteiger partial charge < -0.3 is 30.5 Å². The SMILES string of the molecule is C[C@@H](COC(C)(C)C(=O)O)N[C@H]1CC[C@H](Nc2cc(-c3cccc(NCC4(C#N)CCOCC4)n3)c(Cl)cn2)CC1. The zero-order valence-electron chi connectivity index (χ0n) is 24.1. The highest BCUT2D eigenvalue weighted by molar-refractivity contribution is 6.33. The van der Waals surface area contributed by atoms with Gasteiger partial charge in [0.2, 0.25) is 0 Å². The second kappa shape index (κ2) is 13.8. The van der Waals surface area contributed by atoms with Gasteiger partial charge in [-0.3, -0.25) is 0 Å². The van der Waals surface area contributed by atoms with E-state index < -0.39 is 17.0 Å². The third-order valence-electron chi connectivity index (χ3n) is 7.98. The summed E-state index contributed by atoms with van der Waals surface area (Å²) in [7, 11) is 0. The van der Waals surface area contributed by atoms with E-state index in [9.17, 15) is 15.2 Å². The van der Waals surface area contributed by atoms with Gasteiger partial charge in [-0.15, -0.1) is 0 Å².